The van der Waals surface area contributed by atoms with E-state index in [9.17, 15) is 0 Å². The molecule has 2 nitrogen and oxygen atoms in total. The third-order valence-electron chi connectivity index (χ3n) is 2.91. The Balaban J connectivity index is 2.65. The molecule has 3 heteroatoms. The SMILES string of the molecule is CNC(Cc1nc(C(C)(C)C)cs1)CC(C)C. The maximum atomic E-state index is 4.76. The van der Waals surface area contributed by atoms with Crippen molar-refractivity contribution < 1.29 is 0 Å². The third kappa shape index (κ3) is 4.76. The number of hydrogen-bond acceptors (Lipinski definition) is 3. The molecular formula is C14H26N2S. The maximum absolute atomic E-state index is 4.76. The summed E-state index contributed by atoms with van der Waals surface area (Å²) in [5.41, 5.74) is 1.39. The molecule has 1 N–H and O–H groups in total. The van der Waals surface area contributed by atoms with E-state index in [0.29, 0.717) is 6.04 Å². The highest BCUT2D eigenvalue weighted by Gasteiger charge is 2.18. The van der Waals surface area contributed by atoms with Crippen LogP contribution in [-0.2, 0) is 11.8 Å². The fraction of sp³-hybridized carbons (Fsp3) is 0.786. The second kappa shape index (κ2) is 5.96. The smallest absolute Gasteiger partial charge is 0.0944 e. The molecule has 1 atom stereocenters. The van der Waals surface area contributed by atoms with Crippen molar-refractivity contribution in [2.24, 2.45) is 5.92 Å². The van der Waals surface area contributed by atoms with Crippen LogP contribution in [-0.4, -0.2) is 18.1 Å². The van der Waals surface area contributed by atoms with Gasteiger partial charge >= 0.3 is 0 Å². The first-order valence-corrected chi connectivity index (χ1v) is 7.33. The minimum atomic E-state index is 0.169. The molecule has 17 heavy (non-hydrogen) atoms. The molecule has 0 saturated carbocycles. The summed E-state index contributed by atoms with van der Waals surface area (Å²) >= 11 is 1.80. The topological polar surface area (TPSA) is 24.9 Å². The van der Waals surface area contributed by atoms with Gasteiger partial charge in [0, 0.05) is 23.3 Å². The zero-order valence-corrected chi connectivity index (χ0v) is 12.8. The van der Waals surface area contributed by atoms with Crippen LogP contribution in [0.5, 0.6) is 0 Å². The molecule has 0 aliphatic heterocycles. The number of aromatic nitrogens is 1. The summed E-state index contributed by atoms with van der Waals surface area (Å²) < 4.78 is 0. The minimum Gasteiger partial charge on any atom is -0.317 e. The molecule has 0 fully saturated rings. The van der Waals surface area contributed by atoms with Gasteiger partial charge in [-0.25, -0.2) is 4.98 Å². The lowest BCUT2D eigenvalue weighted by molar-refractivity contribution is 0.439. The predicted octanol–water partition coefficient (Wildman–Crippen LogP) is 3.62. The molecule has 0 amide bonds. The maximum Gasteiger partial charge on any atom is 0.0944 e. The van der Waals surface area contributed by atoms with Crippen molar-refractivity contribution in [3.63, 3.8) is 0 Å². The van der Waals surface area contributed by atoms with Gasteiger partial charge in [-0.15, -0.1) is 11.3 Å². The van der Waals surface area contributed by atoms with Gasteiger partial charge in [-0.1, -0.05) is 34.6 Å². The zero-order valence-electron chi connectivity index (χ0n) is 12.0. The zero-order chi connectivity index (χ0) is 13.1. The first-order valence-electron chi connectivity index (χ1n) is 6.45. The number of thiazole rings is 1. The van der Waals surface area contributed by atoms with Gasteiger partial charge in [-0.2, -0.15) is 0 Å². The number of hydrogen-bond donors (Lipinski definition) is 1. The van der Waals surface area contributed by atoms with Crippen LogP contribution in [0.4, 0.5) is 0 Å². The Labute approximate surface area is 110 Å². The number of nitrogens with one attached hydrogen (secondary N) is 1. The monoisotopic (exact) mass is 254 g/mol. The molecule has 1 aromatic rings. The molecule has 1 unspecified atom stereocenters. The lowest BCUT2D eigenvalue weighted by Gasteiger charge is -2.17. The van der Waals surface area contributed by atoms with Gasteiger partial charge in [0.2, 0.25) is 0 Å². The fourth-order valence-electron chi connectivity index (χ4n) is 1.83. The molecule has 1 aromatic heterocycles. The van der Waals surface area contributed by atoms with E-state index in [1.807, 2.05) is 7.05 Å². The first-order chi connectivity index (χ1) is 7.82. The number of rotatable bonds is 5. The summed E-state index contributed by atoms with van der Waals surface area (Å²) in [6.07, 6.45) is 2.26. The Morgan fingerprint density at radius 2 is 2.00 bits per heavy atom. The molecule has 0 bridgehead atoms. The van der Waals surface area contributed by atoms with E-state index < -0.39 is 0 Å². The van der Waals surface area contributed by atoms with Crippen LogP contribution in [0.2, 0.25) is 0 Å². The van der Waals surface area contributed by atoms with Gasteiger partial charge in [0.1, 0.15) is 0 Å². The van der Waals surface area contributed by atoms with Gasteiger partial charge in [-0.3, -0.25) is 0 Å². The standard InChI is InChI=1S/C14H26N2S/c1-10(2)7-11(15-6)8-13-16-12(9-17-13)14(3,4)5/h9-11,15H,7-8H2,1-6H3. The van der Waals surface area contributed by atoms with Crippen LogP contribution in [0, 0.1) is 5.92 Å². The summed E-state index contributed by atoms with van der Waals surface area (Å²) in [5.74, 6) is 0.731. The third-order valence-corrected chi connectivity index (χ3v) is 3.78. The quantitative estimate of drug-likeness (QED) is 0.868. The number of likely N-dealkylation sites (N-methyl/N-ethyl adjacent to an activating group) is 1. The molecule has 0 aliphatic rings. The summed E-state index contributed by atoms with van der Waals surface area (Å²) in [7, 11) is 2.05. The summed E-state index contributed by atoms with van der Waals surface area (Å²) in [6, 6.07) is 0.550. The van der Waals surface area contributed by atoms with Crippen molar-refractivity contribution in [1.29, 1.82) is 0 Å². The van der Waals surface area contributed by atoms with E-state index >= 15 is 0 Å². The predicted molar refractivity (Wildman–Crippen MR) is 76.8 cm³/mol. The Morgan fingerprint density at radius 3 is 2.41 bits per heavy atom. The summed E-state index contributed by atoms with van der Waals surface area (Å²) in [6.45, 7) is 11.2. The second-order valence-corrected chi connectivity index (χ2v) is 7.14. The highest BCUT2D eigenvalue weighted by molar-refractivity contribution is 7.09. The fourth-order valence-corrected chi connectivity index (χ4v) is 2.93. The van der Waals surface area contributed by atoms with Gasteiger partial charge in [0.05, 0.1) is 10.7 Å². The molecule has 0 radical (unpaired) electrons. The van der Waals surface area contributed by atoms with Crippen LogP contribution in [0.1, 0.15) is 51.7 Å². The molecule has 1 heterocycles. The van der Waals surface area contributed by atoms with Crippen molar-refractivity contribution in [2.75, 3.05) is 7.05 Å². The van der Waals surface area contributed by atoms with Crippen molar-refractivity contribution in [1.82, 2.24) is 10.3 Å². The average molecular weight is 254 g/mol. The van der Waals surface area contributed by atoms with Crippen LogP contribution < -0.4 is 5.32 Å². The van der Waals surface area contributed by atoms with Crippen LogP contribution in [0.25, 0.3) is 0 Å². The van der Waals surface area contributed by atoms with Crippen molar-refractivity contribution >= 4 is 11.3 Å². The van der Waals surface area contributed by atoms with Gasteiger partial charge in [-0.05, 0) is 19.4 Å². The Bertz CT molecular complexity index is 336. The molecule has 0 aromatic carbocycles. The van der Waals surface area contributed by atoms with Crippen LogP contribution in [0.3, 0.4) is 0 Å². The Hall–Kier alpha value is -0.410. The first kappa shape index (κ1) is 14.7. The van der Waals surface area contributed by atoms with Crippen LogP contribution >= 0.6 is 11.3 Å². The normalized spacial score (nSPS) is 14.3. The van der Waals surface area contributed by atoms with E-state index in [4.69, 9.17) is 4.98 Å². The van der Waals surface area contributed by atoms with Crippen molar-refractivity contribution in [2.45, 2.75) is 58.9 Å². The van der Waals surface area contributed by atoms with Gasteiger partial charge in [0.15, 0.2) is 0 Å². The Morgan fingerprint density at radius 1 is 1.35 bits per heavy atom. The summed E-state index contributed by atoms with van der Waals surface area (Å²) in [5, 5.41) is 6.86. The van der Waals surface area contributed by atoms with E-state index in [1.54, 1.807) is 11.3 Å². The van der Waals surface area contributed by atoms with Gasteiger partial charge < -0.3 is 5.32 Å². The van der Waals surface area contributed by atoms with Crippen molar-refractivity contribution in [3.05, 3.63) is 16.1 Å². The van der Waals surface area contributed by atoms with E-state index in [2.05, 4.69) is 45.3 Å². The van der Waals surface area contributed by atoms with E-state index in [1.165, 1.54) is 17.1 Å². The molecule has 1 rings (SSSR count). The molecule has 98 valence electrons. The van der Waals surface area contributed by atoms with E-state index in [0.717, 1.165) is 12.3 Å². The second-order valence-electron chi connectivity index (χ2n) is 6.20. The molecule has 0 saturated heterocycles. The van der Waals surface area contributed by atoms with Gasteiger partial charge in [0.25, 0.3) is 0 Å². The molecule has 0 spiro atoms. The Kier molecular flexibility index (Phi) is 5.14. The lowest BCUT2D eigenvalue weighted by Crippen LogP contribution is -2.29. The average Bonchev–Trinajstić information content (AvgIpc) is 2.63. The molecule has 0 aliphatic carbocycles. The highest BCUT2D eigenvalue weighted by Crippen LogP contribution is 2.24. The molecular weight excluding hydrogens is 228 g/mol. The van der Waals surface area contributed by atoms with Crippen LogP contribution in [0.15, 0.2) is 5.38 Å². The van der Waals surface area contributed by atoms with Crippen molar-refractivity contribution in [3.8, 4) is 0 Å². The summed E-state index contributed by atoms with van der Waals surface area (Å²) in [4.78, 5) is 4.76. The largest absolute Gasteiger partial charge is 0.317 e. The highest BCUT2D eigenvalue weighted by atomic mass is 32.1. The lowest BCUT2D eigenvalue weighted by atomic mass is 9.93. The number of nitrogens with zero attached hydrogens (tertiary/aromatic N) is 1. The van der Waals surface area contributed by atoms with E-state index in [-0.39, 0.29) is 5.41 Å². The minimum absolute atomic E-state index is 0.169.